The van der Waals surface area contributed by atoms with Crippen LogP contribution >= 0.6 is 0 Å². The number of benzene rings is 1. The zero-order valence-electron chi connectivity index (χ0n) is 6.45. The standard InChI is InChI=1S/C9H10NO/c1-2-10-9(11)8-6-4-3-5-7-8/h3-7H,2H2,1H3. The Morgan fingerprint density at radius 2 is 2.00 bits per heavy atom. The number of rotatable bonds is 2. The number of carbonyl (C=O) groups is 1. The van der Waals surface area contributed by atoms with Crippen LogP contribution < -0.4 is 5.32 Å². The van der Waals surface area contributed by atoms with Gasteiger partial charge in [-0.05, 0) is 19.1 Å². The number of hydrogen-bond acceptors (Lipinski definition) is 1. The Morgan fingerprint density at radius 3 is 2.55 bits per heavy atom. The second-order valence-electron chi connectivity index (χ2n) is 2.15. The van der Waals surface area contributed by atoms with Crippen molar-refractivity contribution in [2.75, 3.05) is 6.54 Å². The van der Waals surface area contributed by atoms with Gasteiger partial charge in [0, 0.05) is 12.1 Å². The summed E-state index contributed by atoms with van der Waals surface area (Å²) in [6, 6.07) is 9.07. The topological polar surface area (TPSA) is 31.2 Å². The molecule has 2 heteroatoms. The molecule has 0 unspecified atom stereocenters. The number of amides is 1. The highest BCUT2D eigenvalue weighted by Gasteiger charge is 2.01. The SMILES string of the molecule is CC[N]C(=O)c1ccccc1. The predicted molar refractivity (Wildman–Crippen MR) is 43.4 cm³/mol. The minimum Gasteiger partial charge on any atom is -0.267 e. The highest BCUT2D eigenvalue weighted by Crippen LogP contribution is 1.97. The Bertz CT molecular complexity index is 231. The van der Waals surface area contributed by atoms with Crippen molar-refractivity contribution < 1.29 is 4.79 Å². The largest absolute Gasteiger partial charge is 0.272 e. The van der Waals surface area contributed by atoms with E-state index in [1.165, 1.54) is 0 Å². The molecule has 0 saturated heterocycles. The molecule has 0 bridgehead atoms. The van der Waals surface area contributed by atoms with E-state index in [2.05, 4.69) is 5.32 Å². The third kappa shape index (κ3) is 2.08. The van der Waals surface area contributed by atoms with Crippen LogP contribution in [0.1, 0.15) is 17.3 Å². The zero-order valence-corrected chi connectivity index (χ0v) is 6.45. The summed E-state index contributed by atoms with van der Waals surface area (Å²) in [6.07, 6.45) is 0. The molecule has 0 spiro atoms. The van der Waals surface area contributed by atoms with Crippen molar-refractivity contribution in [3.63, 3.8) is 0 Å². The second-order valence-corrected chi connectivity index (χ2v) is 2.15. The molecule has 0 fully saturated rings. The summed E-state index contributed by atoms with van der Waals surface area (Å²) in [7, 11) is 0. The fourth-order valence-corrected chi connectivity index (χ4v) is 0.816. The van der Waals surface area contributed by atoms with Crippen LogP contribution in [0.25, 0.3) is 0 Å². The first kappa shape index (κ1) is 7.79. The van der Waals surface area contributed by atoms with Crippen LogP contribution in [0.2, 0.25) is 0 Å². The van der Waals surface area contributed by atoms with Crippen LogP contribution in [0, 0.1) is 0 Å². The van der Waals surface area contributed by atoms with E-state index in [9.17, 15) is 4.79 Å². The van der Waals surface area contributed by atoms with E-state index < -0.39 is 0 Å². The fourth-order valence-electron chi connectivity index (χ4n) is 0.816. The van der Waals surface area contributed by atoms with Crippen LogP contribution in [0.15, 0.2) is 30.3 Å². The van der Waals surface area contributed by atoms with Crippen molar-refractivity contribution in [3.05, 3.63) is 35.9 Å². The lowest BCUT2D eigenvalue weighted by Gasteiger charge is -1.96. The molecule has 2 nitrogen and oxygen atoms in total. The van der Waals surface area contributed by atoms with Gasteiger partial charge in [-0.15, -0.1) is 0 Å². The van der Waals surface area contributed by atoms with E-state index >= 15 is 0 Å². The van der Waals surface area contributed by atoms with E-state index in [1.807, 2.05) is 25.1 Å². The van der Waals surface area contributed by atoms with Gasteiger partial charge in [0.15, 0.2) is 0 Å². The van der Waals surface area contributed by atoms with Gasteiger partial charge in [0.25, 0.3) is 5.91 Å². The van der Waals surface area contributed by atoms with E-state index in [4.69, 9.17) is 0 Å². The smallest absolute Gasteiger partial charge is 0.267 e. The quantitative estimate of drug-likeness (QED) is 0.624. The van der Waals surface area contributed by atoms with E-state index in [-0.39, 0.29) is 5.91 Å². The minimum absolute atomic E-state index is 0.131. The first-order valence-electron chi connectivity index (χ1n) is 3.61. The van der Waals surface area contributed by atoms with Gasteiger partial charge >= 0.3 is 0 Å². The van der Waals surface area contributed by atoms with Gasteiger partial charge in [0.05, 0.1) is 0 Å². The molecule has 1 radical (unpaired) electrons. The predicted octanol–water partition coefficient (Wildman–Crippen LogP) is 1.45. The van der Waals surface area contributed by atoms with Gasteiger partial charge in [-0.2, -0.15) is 0 Å². The lowest BCUT2D eigenvalue weighted by Crippen LogP contribution is -2.14. The summed E-state index contributed by atoms with van der Waals surface area (Å²) in [5, 5.41) is 3.76. The lowest BCUT2D eigenvalue weighted by molar-refractivity contribution is 0.0951. The van der Waals surface area contributed by atoms with Gasteiger partial charge in [-0.25, -0.2) is 5.32 Å². The molecule has 0 N–H and O–H groups in total. The molecule has 0 aliphatic heterocycles. The Hall–Kier alpha value is -1.31. The summed E-state index contributed by atoms with van der Waals surface area (Å²) >= 11 is 0. The van der Waals surface area contributed by atoms with Crippen LogP contribution in [-0.4, -0.2) is 12.5 Å². The Balaban J connectivity index is 2.69. The Morgan fingerprint density at radius 1 is 1.36 bits per heavy atom. The number of hydrogen-bond donors (Lipinski definition) is 0. The van der Waals surface area contributed by atoms with Gasteiger partial charge < -0.3 is 0 Å². The average Bonchev–Trinajstić information content (AvgIpc) is 2.07. The minimum atomic E-state index is -0.131. The van der Waals surface area contributed by atoms with Crippen LogP contribution in [0.3, 0.4) is 0 Å². The fraction of sp³-hybridized carbons (Fsp3) is 0.222. The third-order valence-electron chi connectivity index (χ3n) is 1.32. The number of nitrogens with zero attached hydrogens (tertiary/aromatic N) is 1. The molecule has 0 saturated carbocycles. The summed E-state index contributed by atoms with van der Waals surface area (Å²) in [5.74, 6) is -0.131. The molecule has 0 aromatic heterocycles. The van der Waals surface area contributed by atoms with Crippen molar-refractivity contribution in [3.8, 4) is 0 Å². The van der Waals surface area contributed by atoms with Crippen LogP contribution in [-0.2, 0) is 0 Å². The van der Waals surface area contributed by atoms with Gasteiger partial charge in [0.2, 0.25) is 0 Å². The van der Waals surface area contributed by atoms with E-state index in [1.54, 1.807) is 12.1 Å². The molecular formula is C9H10NO. The Labute approximate surface area is 66.2 Å². The van der Waals surface area contributed by atoms with Gasteiger partial charge in [-0.1, -0.05) is 18.2 Å². The Kier molecular flexibility index (Phi) is 2.66. The maximum absolute atomic E-state index is 11.1. The first-order valence-corrected chi connectivity index (χ1v) is 3.61. The lowest BCUT2D eigenvalue weighted by atomic mass is 10.2. The maximum Gasteiger partial charge on any atom is 0.272 e. The highest BCUT2D eigenvalue weighted by atomic mass is 16.1. The molecule has 1 aromatic carbocycles. The molecule has 1 amide bonds. The van der Waals surface area contributed by atoms with Crippen molar-refractivity contribution in [2.45, 2.75) is 6.92 Å². The summed E-state index contributed by atoms with van der Waals surface area (Å²) in [4.78, 5) is 11.1. The van der Waals surface area contributed by atoms with Crippen molar-refractivity contribution >= 4 is 5.91 Å². The monoisotopic (exact) mass is 148 g/mol. The van der Waals surface area contributed by atoms with E-state index in [0.717, 1.165) is 0 Å². The molecule has 0 aliphatic rings. The third-order valence-corrected chi connectivity index (χ3v) is 1.32. The molecule has 11 heavy (non-hydrogen) atoms. The molecule has 0 heterocycles. The molecule has 0 aliphatic carbocycles. The van der Waals surface area contributed by atoms with Crippen LogP contribution in [0.4, 0.5) is 0 Å². The van der Waals surface area contributed by atoms with Gasteiger partial charge in [-0.3, -0.25) is 4.79 Å². The molecule has 1 aromatic rings. The van der Waals surface area contributed by atoms with Gasteiger partial charge in [0.1, 0.15) is 0 Å². The molecule has 57 valence electrons. The summed E-state index contributed by atoms with van der Waals surface area (Å²) in [6.45, 7) is 2.40. The van der Waals surface area contributed by atoms with Crippen molar-refractivity contribution in [2.24, 2.45) is 0 Å². The normalized spacial score (nSPS) is 9.18. The van der Waals surface area contributed by atoms with Crippen molar-refractivity contribution in [1.82, 2.24) is 5.32 Å². The average molecular weight is 148 g/mol. The first-order chi connectivity index (χ1) is 5.34. The van der Waals surface area contributed by atoms with E-state index in [0.29, 0.717) is 12.1 Å². The molecule has 1 rings (SSSR count). The number of carbonyl (C=O) groups excluding carboxylic acids is 1. The summed E-state index contributed by atoms with van der Waals surface area (Å²) < 4.78 is 0. The van der Waals surface area contributed by atoms with Crippen molar-refractivity contribution in [1.29, 1.82) is 0 Å². The van der Waals surface area contributed by atoms with Crippen LogP contribution in [0.5, 0.6) is 0 Å². The molecule has 0 atom stereocenters. The summed E-state index contributed by atoms with van der Waals surface area (Å²) in [5.41, 5.74) is 0.661. The molecular weight excluding hydrogens is 138 g/mol. The zero-order chi connectivity index (χ0) is 8.10. The highest BCUT2D eigenvalue weighted by molar-refractivity contribution is 5.93. The maximum atomic E-state index is 11.1. The second kappa shape index (κ2) is 3.76.